The van der Waals surface area contributed by atoms with Crippen LogP contribution in [0.25, 0.3) is 17.2 Å². The third-order valence-corrected chi connectivity index (χ3v) is 3.57. The van der Waals surface area contributed by atoms with E-state index >= 15 is 0 Å². The Hall–Kier alpha value is -0.497. The molecule has 0 aliphatic heterocycles. The van der Waals surface area contributed by atoms with Crippen molar-refractivity contribution in [2.75, 3.05) is 0 Å². The second kappa shape index (κ2) is 9.11. The number of hydrogen-bond acceptors (Lipinski definition) is 0. The van der Waals surface area contributed by atoms with Gasteiger partial charge in [-0.05, 0) is 52.4 Å². The fourth-order valence-electron chi connectivity index (χ4n) is 2.71. The molecule has 0 amide bonds. The van der Waals surface area contributed by atoms with Crippen LogP contribution in [0, 0.1) is 6.42 Å². The van der Waals surface area contributed by atoms with Crippen molar-refractivity contribution >= 4 is 23.1 Å². The van der Waals surface area contributed by atoms with E-state index < -0.39 is 34.2 Å². The maximum atomic E-state index is 12.9. The van der Waals surface area contributed by atoms with E-state index in [2.05, 4.69) is 25.5 Å². The molecule has 5 heteroatoms. The van der Waals surface area contributed by atoms with Gasteiger partial charge in [-0.25, -0.2) is 8.78 Å². The number of fused-ring (bicyclic) bond motifs is 1. The normalized spacial score (nSPS) is 12.1. The van der Waals surface area contributed by atoms with Crippen LogP contribution < -0.4 is 0 Å². The van der Waals surface area contributed by atoms with Gasteiger partial charge in [0.25, 0.3) is 0 Å². The van der Waals surface area contributed by atoms with E-state index in [4.69, 9.17) is 17.0 Å². The van der Waals surface area contributed by atoms with Crippen LogP contribution in [0.2, 0.25) is 0 Å². The third kappa shape index (κ3) is 4.75. The van der Waals surface area contributed by atoms with Crippen LogP contribution in [0.3, 0.4) is 0 Å². The number of benzene rings is 2. The molecule has 3 rings (SSSR count). The van der Waals surface area contributed by atoms with E-state index in [-0.39, 0.29) is 0 Å². The molecule has 0 fully saturated rings. The SMILES string of the molecule is CC1=Cc2c(cccc2-c2cc(CF)cc(CF)c2)[CH]1.[Cl][Zr][Cl]. The first-order chi connectivity index (χ1) is 11.1. The molecule has 1 radical (unpaired) electrons. The standard InChI is InChI=1S/C18H15F2.2ClH.Zr/c1-12-5-15-3-2-4-17(18(15)6-12)16-8-13(10-19)7-14(9-16)11-20;;;/h2-9H,10-11H2,1H3;2*1H;/q;;;+2/p-2. The summed E-state index contributed by atoms with van der Waals surface area (Å²) in [4.78, 5) is 0. The van der Waals surface area contributed by atoms with Gasteiger partial charge in [-0.15, -0.1) is 0 Å². The first-order valence-electron chi connectivity index (χ1n) is 7.00. The van der Waals surface area contributed by atoms with Crippen LogP contribution in [0.1, 0.15) is 29.2 Å². The van der Waals surface area contributed by atoms with Crippen molar-refractivity contribution in [3.05, 3.63) is 70.6 Å². The number of rotatable bonds is 3. The number of hydrogen-bond donors (Lipinski definition) is 0. The Morgan fingerprint density at radius 3 is 2.17 bits per heavy atom. The molecule has 0 spiro atoms. The molecule has 0 atom stereocenters. The summed E-state index contributed by atoms with van der Waals surface area (Å²) in [6, 6.07) is 11.2. The van der Waals surface area contributed by atoms with Crippen LogP contribution in [-0.4, -0.2) is 0 Å². The van der Waals surface area contributed by atoms with Crippen molar-refractivity contribution in [1.82, 2.24) is 0 Å². The molecule has 0 bridgehead atoms. The number of halogens is 4. The van der Waals surface area contributed by atoms with Gasteiger partial charge < -0.3 is 0 Å². The van der Waals surface area contributed by atoms with E-state index in [1.807, 2.05) is 12.1 Å². The van der Waals surface area contributed by atoms with Crippen LogP contribution in [0.15, 0.2) is 42.0 Å². The van der Waals surface area contributed by atoms with Gasteiger partial charge in [0, 0.05) is 6.42 Å². The predicted molar refractivity (Wildman–Crippen MR) is 90.3 cm³/mol. The average molecular weight is 431 g/mol. The number of alkyl halides is 2. The van der Waals surface area contributed by atoms with Gasteiger partial charge in [0.2, 0.25) is 0 Å². The van der Waals surface area contributed by atoms with Crippen molar-refractivity contribution in [3.8, 4) is 11.1 Å². The molecule has 1 aliphatic rings. The zero-order valence-electron chi connectivity index (χ0n) is 12.5. The van der Waals surface area contributed by atoms with Gasteiger partial charge in [-0.2, -0.15) is 0 Å². The summed E-state index contributed by atoms with van der Waals surface area (Å²) in [5.74, 6) is 0. The zero-order valence-corrected chi connectivity index (χ0v) is 16.5. The second-order valence-electron chi connectivity index (χ2n) is 5.22. The molecule has 0 heterocycles. The Balaban J connectivity index is 0.000000595. The Bertz CT molecular complexity index is 692. The van der Waals surface area contributed by atoms with Crippen LogP contribution in [0.5, 0.6) is 0 Å². The fraction of sp³-hybridized carbons (Fsp3) is 0.167. The minimum atomic E-state index is -0.826. The minimum absolute atomic E-state index is 0.524. The quantitative estimate of drug-likeness (QED) is 0.511. The van der Waals surface area contributed by atoms with Crippen molar-refractivity contribution in [2.45, 2.75) is 20.3 Å². The van der Waals surface area contributed by atoms with Crippen molar-refractivity contribution < 1.29 is 29.6 Å². The molecular formula is C18H15Cl2F2Zr. The Morgan fingerprint density at radius 1 is 1.00 bits per heavy atom. The fourth-order valence-corrected chi connectivity index (χ4v) is 2.71. The van der Waals surface area contributed by atoms with Gasteiger partial charge in [0.1, 0.15) is 13.3 Å². The molecule has 0 aromatic heterocycles. The average Bonchev–Trinajstić information content (AvgIpc) is 2.95. The van der Waals surface area contributed by atoms with Gasteiger partial charge in [0.05, 0.1) is 0 Å². The van der Waals surface area contributed by atoms with Crippen molar-refractivity contribution in [3.63, 3.8) is 0 Å². The van der Waals surface area contributed by atoms with Crippen LogP contribution in [0.4, 0.5) is 8.78 Å². The first-order valence-corrected chi connectivity index (χ1v) is 13.3. The molecule has 0 unspecified atom stereocenters. The molecular weight excluding hydrogens is 416 g/mol. The summed E-state index contributed by atoms with van der Waals surface area (Å²) in [5.41, 5.74) is 6.44. The first kappa shape index (κ1) is 18.8. The molecule has 2 aromatic carbocycles. The van der Waals surface area contributed by atoms with Gasteiger partial charge in [-0.3, -0.25) is 0 Å². The summed E-state index contributed by atoms with van der Waals surface area (Å²) in [6.07, 6.45) is 4.23. The topological polar surface area (TPSA) is 0 Å². The van der Waals surface area contributed by atoms with Crippen LogP contribution in [-0.2, 0) is 34.2 Å². The second-order valence-corrected chi connectivity index (χ2v) is 8.95. The molecule has 2 aromatic rings. The monoisotopic (exact) mass is 429 g/mol. The summed E-state index contributed by atoms with van der Waals surface area (Å²) in [6.45, 7) is 0.905. The molecule has 23 heavy (non-hydrogen) atoms. The van der Waals surface area contributed by atoms with Crippen molar-refractivity contribution in [1.29, 1.82) is 0 Å². The van der Waals surface area contributed by atoms with E-state index in [0.29, 0.717) is 11.1 Å². The van der Waals surface area contributed by atoms with Gasteiger partial charge >= 0.3 is 37.9 Å². The Labute approximate surface area is 154 Å². The summed E-state index contributed by atoms with van der Waals surface area (Å²) in [5, 5.41) is 0. The van der Waals surface area contributed by atoms with E-state index in [9.17, 15) is 8.78 Å². The van der Waals surface area contributed by atoms with Crippen LogP contribution >= 0.6 is 17.0 Å². The molecule has 0 saturated heterocycles. The zero-order chi connectivity index (χ0) is 16.8. The molecule has 0 N–H and O–H groups in total. The van der Waals surface area contributed by atoms with Gasteiger partial charge in [0.15, 0.2) is 0 Å². The third-order valence-electron chi connectivity index (χ3n) is 3.57. The number of allylic oxidation sites excluding steroid dienone is 1. The van der Waals surface area contributed by atoms with E-state index in [1.54, 1.807) is 18.2 Å². The summed E-state index contributed by atoms with van der Waals surface area (Å²) in [7, 11) is 9.87. The molecule has 0 saturated carbocycles. The summed E-state index contributed by atoms with van der Waals surface area (Å²) >= 11 is -0.826. The van der Waals surface area contributed by atoms with E-state index in [1.165, 1.54) is 5.57 Å². The maximum absolute atomic E-state index is 12.9. The summed E-state index contributed by atoms with van der Waals surface area (Å²) < 4.78 is 25.9. The van der Waals surface area contributed by atoms with E-state index in [0.717, 1.165) is 22.3 Å². The Morgan fingerprint density at radius 2 is 1.61 bits per heavy atom. The predicted octanol–water partition coefficient (Wildman–Crippen LogP) is 6.64. The molecule has 1 aliphatic carbocycles. The molecule has 119 valence electrons. The molecule has 0 nitrogen and oxygen atoms in total. The van der Waals surface area contributed by atoms with Gasteiger partial charge in [-0.1, -0.05) is 35.9 Å². The Kier molecular flexibility index (Phi) is 7.46. The van der Waals surface area contributed by atoms with Crippen molar-refractivity contribution in [2.24, 2.45) is 0 Å².